The number of nitrogens with zero attached hydrogens (tertiary/aromatic N) is 1. The first kappa shape index (κ1) is 9.07. The van der Waals surface area contributed by atoms with Crippen LogP contribution in [0.3, 0.4) is 0 Å². The largest absolute Gasteiger partial charge is 0.481 e. The van der Waals surface area contributed by atoms with Gasteiger partial charge in [0.05, 0.1) is 7.11 Å². The molecule has 1 heterocycles. The highest BCUT2D eigenvalue weighted by molar-refractivity contribution is 5.92. The van der Waals surface area contributed by atoms with Crippen LogP contribution in [0.2, 0.25) is 0 Å². The molecule has 0 aliphatic heterocycles. The summed E-state index contributed by atoms with van der Waals surface area (Å²) in [5, 5.41) is 0. The van der Waals surface area contributed by atoms with Gasteiger partial charge in [-0.1, -0.05) is 5.92 Å². The summed E-state index contributed by atoms with van der Waals surface area (Å²) in [6.07, 6.45) is 1.55. The van der Waals surface area contributed by atoms with Gasteiger partial charge in [-0.25, -0.2) is 4.98 Å². The van der Waals surface area contributed by atoms with Crippen molar-refractivity contribution in [3.05, 3.63) is 23.9 Å². The summed E-state index contributed by atoms with van der Waals surface area (Å²) in [6, 6.07) is 3.29. The van der Waals surface area contributed by atoms with E-state index in [9.17, 15) is 4.79 Å². The summed E-state index contributed by atoms with van der Waals surface area (Å²) < 4.78 is 4.87. The van der Waals surface area contributed by atoms with Crippen LogP contribution < -0.4 is 10.5 Å². The molecule has 0 unspecified atom stereocenters. The summed E-state index contributed by atoms with van der Waals surface area (Å²) in [6.45, 7) is 0. The van der Waals surface area contributed by atoms with E-state index in [0.29, 0.717) is 11.4 Å². The third-order valence-electron chi connectivity index (χ3n) is 1.27. The lowest BCUT2D eigenvalue weighted by Crippen LogP contribution is -2.06. The quantitative estimate of drug-likeness (QED) is 0.609. The molecule has 0 aliphatic carbocycles. The lowest BCUT2D eigenvalue weighted by atomic mass is 10.3. The molecule has 0 aromatic carbocycles. The van der Waals surface area contributed by atoms with Crippen molar-refractivity contribution in [1.29, 1.82) is 0 Å². The average Bonchev–Trinajstić information content (AvgIpc) is 2.15. The number of aromatic nitrogens is 1. The Hall–Kier alpha value is -2.02. The molecule has 0 atom stereocenters. The Bertz CT molecular complexity index is 377. The van der Waals surface area contributed by atoms with Crippen LogP contribution in [0.1, 0.15) is 5.56 Å². The van der Waals surface area contributed by atoms with Gasteiger partial charge in [-0.05, 0) is 12.0 Å². The molecule has 0 aliphatic rings. The minimum absolute atomic E-state index is 0.455. The molecular formula is C9H8N2O2. The van der Waals surface area contributed by atoms with Crippen LogP contribution in [0.4, 0.5) is 0 Å². The van der Waals surface area contributed by atoms with Crippen LogP contribution in [-0.4, -0.2) is 18.0 Å². The number of hydrogen-bond donors (Lipinski definition) is 1. The van der Waals surface area contributed by atoms with Gasteiger partial charge in [-0.15, -0.1) is 0 Å². The first-order valence-electron chi connectivity index (χ1n) is 3.54. The lowest BCUT2D eigenvalue weighted by molar-refractivity contribution is -0.112. The molecule has 0 spiro atoms. The highest BCUT2D eigenvalue weighted by atomic mass is 16.5. The molecule has 1 rings (SSSR count). The molecule has 4 nitrogen and oxygen atoms in total. The molecule has 1 aromatic heterocycles. The predicted octanol–water partition coefficient (Wildman–Crippen LogP) is -0.0730. The number of rotatable bonds is 1. The number of carbonyl (C=O) groups is 1. The van der Waals surface area contributed by atoms with Crippen molar-refractivity contribution in [2.24, 2.45) is 5.73 Å². The minimum Gasteiger partial charge on any atom is -0.481 e. The standard InChI is InChI=1S/C9H8N2O2/c1-13-9-6-7(4-5-11-9)2-3-8(10)12/h4-6H,1H3,(H2,10,12). The molecule has 4 heteroatoms. The summed E-state index contributed by atoms with van der Waals surface area (Å²) in [5.74, 6) is 4.59. The zero-order valence-electron chi connectivity index (χ0n) is 7.07. The highest BCUT2D eigenvalue weighted by Crippen LogP contribution is 2.06. The Kier molecular flexibility index (Phi) is 2.87. The number of pyridine rings is 1. The summed E-state index contributed by atoms with van der Waals surface area (Å²) in [4.78, 5) is 14.2. The number of hydrogen-bond acceptors (Lipinski definition) is 3. The Labute approximate surface area is 75.7 Å². The topological polar surface area (TPSA) is 65.2 Å². The maximum Gasteiger partial charge on any atom is 0.293 e. The molecule has 0 fully saturated rings. The Balaban J connectivity index is 2.91. The van der Waals surface area contributed by atoms with Crippen molar-refractivity contribution in [3.63, 3.8) is 0 Å². The smallest absolute Gasteiger partial charge is 0.293 e. The van der Waals surface area contributed by atoms with Crippen molar-refractivity contribution in [3.8, 4) is 17.7 Å². The van der Waals surface area contributed by atoms with Gasteiger partial charge in [0.25, 0.3) is 5.91 Å². The maximum absolute atomic E-state index is 10.3. The predicted molar refractivity (Wildman–Crippen MR) is 46.9 cm³/mol. The molecular weight excluding hydrogens is 168 g/mol. The van der Waals surface area contributed by atoms with Gasteiger partial charge in [0.15, 0.2) is 0 Å². The Morgan fingerprint density at radius 2 is 2.46 bits per heavy atom. The normalized spacial score (nSPS) is 8.38. The number of carbonyl (C=O) groups excluding carboxylic acids is 1. The number of nitrogens with two attached hydrogens (primary N) is 1. The number of methoxy groups -OCH3 is 1. The van der Waals surface area contributed by atoms with Crippen molar-refractivity contribution >= 4 is 5.91 Å². The number of amides is 1. The van der Waals surface area contributed by atoms with Crippen LogP contribution >= 0.6 is 0 Å². The first-order chi connectivity index (χ1) is 6.22. The van der Waals surface area contributed by atoms with E-state index < -0.39 is 5.91 Å². The van der Waals surface area contributed by atoms with Crippen molar-refractivity contribution in [2.75, 3.05) is 7.11 Å². The fraction of sp³-hybridized carbons (Fsp3) is 0.111. The third kappa shape index (κ3) is 2.83. The first-order valence-corrected chi connectivity index (χ1v) is 3.54. The van der Waals surface area contributed by atoms with E-state index in [1.54, 1.807) is 18.3 Å². The molecule has 13 heavy (non-hydrogen) atoms. The van der Waals surface area contributed by atoms with Crippen molar-refractivity contribution in [2.45, 2.75) is 0 Å². The SMILES string of the molecule is COc1cc(C#CC(N)=O)ccn1. The lowest BCUT2D eigenvalue weighted by Gasteiger charge is -1.96. The minimum atomic E-state index is -0.657. The van der Waals surface area contributed by atoms with Gasteiger partial charge in [0.1, 0.15) is 0 Å². The van der Waals surface area contributed by atoms with E-state index in [4.69, 9.17) is 10.5 Å². The fourth-order valence-electron chi connectivity index (χ4n) is 0.733. The second-order valence-electron chi connectivity index (χ2n) is 2.20. The Morgan fingerprint density at radius 1 is 1.69 bits per heavy atom. The summed E-state index contributed by atoms with van der Waals surface area (Å²) in [7, 11) is 1.51. The van der Waals surface area contributed by atoms with Crippen molar-refractivity contribution < 1.29 is 9.53 Å². The summed E-state index contributed by atoms with van der Waals surface area (Å²) >= 11 is 0. The van der Waals surface area contributed by atoms with Crippen LogP contribution in [0.25, 0.3) is 0 Å². The number of ether oxygens (including phenoxy) is 1. The van der Waals surface area contributed by atoms with Crippen LogP contribution in [0, 0.1) is 11.8 Å². The van der Waals surface area contributed by atoms with E-state index >= 15 is 0 Å². The highest BCUT2D eigenvalue weighted by Gasteiger charge is 1.92. The van der Waals surface area contributed by atoms with E-state index in [-0.39, 0.29) is 0 Å². The van der Waals surface area contributed by atoms with Crippen LogP contribution in [-0.2, 0) is 4.79 Å². The fourth-order valence-corrected chi connectivity index (χ4v) is 0.733. The van der Waals surface area contributed by atoms with E-state index in [2.05, 4.69) is 16.8 Å². The second kappa shape index (κ2) is 4.12. The molecule has 2 N–H and O–H groups in total. The monoisotopic (exact) mass is 176 g/mol. The number of primary amides is 1. The molecule has 1 amide bonds. The molecule has 0 saturated heterocycles. The van der Waals surface area contributed by atoms with Gasteiger partial charge < -0.3 is 10.5 Å². The summed E-state index contributed by atoms with van der Waals surface area (Å²) in [5.41, 5.74) is 5.50. The van der Waals surface area contributed by atoms with Crippen molar-refractivity contribution in [1.82, 2.24) is 4.98 Å². The van der Waals surface area contributed by atoms with Gasteiger partial charge in [-0.2, -0.15) is 0 Å². The molecule has 66 valence electrons. The van der Waals surface area contributed by atoms with E-state index in [1.165, 1.54) is 7.11 Å². The molecule has 0 radical (unpaired) electrons. The van der Waals surface area contributed by atoms with Gasteiger partial charge >= 0.3 is 0 Å². The van der Waals surface area contributed by atoms with Gasteiger partial charge in [0, 0.05) is 17.8 Å². The maximum atomic E-state index is 10.3. The third-order valence-corrected chi connectivity index (χ3v) is 1.27. The molecule has 1 aromatic rings. The van der Waals surface area contributed by atoms with E-state index in [0.717, 1.165) is 0 Å². The second-order valence-corrected chi connectivity index (χ2v) is 2.20. The Morgan fingerprint density at radius 3 is 3.08 bits per heavy atom. The van der Waals surface area contributed by atoms with Crippen LogP contribution in [0.5, 0.6) is 5.88 Å². The molecule has 0 saturated carbocycles. The van der Waals surface area contributed by atoms with Gasteiger partial charge in [-0.3, -0.25) is 4.79 Å². The van der Waals surface area contributed by atoms with Crippen LogP contribution in [0.15, 0.2) is 18.3 Å². The van der Waals surface area contributed by atoms with E-state index in [1.807, 2.05) is 0 Å². The average molecular weight is 176 g/mol. The van der Waals surface area contributed by atoms with Gasteiger partial charge in [0.2, 0.25) is 5.88 Å². The zero-order valence-corrected chi connectivity index (χ0v) is 7.07. The molecule has 0 bridgehead atoms. The zero-order chi connectivity index (χ0) is 9.68.